The summed E-state index contributed by atoms with van der Waals surface area (Å²) in [7, 11) is 0. The van der Waals surface area contributed by atoms with E-state index in [9.17, 15) is 0 Å². The monoisotopic (exact) mass is 220 g/mol. The Balaban J connectivity index is 2.25. The highest BCUT2D eigenvalue weighted by Gasteiger charge is 2.06. The van der Waals surface area contributed by atoms with Crippen molar-refractivity contribution < 1.29 is 0 Å². The van der Waals surface area contributed by atoms with Crippen LogP contribution in [0.2, 0.25) is 0 Å². The summed E-state index contributed by atoms with van der Waals surface area (Å²) in [5.41, 5.74) is 6.49. The first kappa shape index (κ1) is 10.8. The van der Waals surface area contributed by atoms with E-state index in [1.54, 1.807) is 4.52 Å². The van der Waals surface area contributed by atoms with Crippen molar-refractivity contribution in [2.24, 2.45) is 11.7 Å². The summed E-state index contributed by atoms with van der Waals surface area (Å²) in [5, 5.41) is 7.42. The molecular weight excluding hydrogens is 204 g/mol. The van der Waals surface area contributed by atoms with Crippen LogP contribution in [0.15, 0.2) is 12.4 Å². The van der Waals surface area contributed by atoms with E-state index in [2.05, 4.69) is 27.3 Å². The SMILES string of the molecule is Cc1cc(NCC(C)CN)n2ncnc2n1. The molecule has 3 N–H and O–H groups in total. The smallest absolute Gasteiger partial charge is 0.254 e. The van der Waals surface area contributed by atoms with Crippen LogP contribution in [0.1, 0.15) is 12.6 Å². The normalized spacial score (nSPS) is 12.9. The van der Waals surface area contributed by atoms with Gasteiger partial charge in [-0.3, -0.25) is 0 Å². The second kappa shape index (κ2) is 4.44. The maximum absolute atomic E-state index is 5.57. The molecule has 0 aliphatic rings. The fourth-order valence-electron chi connectivity index (χ4n) is 1.42. The molecule has 0 aliphatic heterocycles. The van der Waals surface area contributed by atoms with E-state index in [-0.39, 0.29) is 0 Å². The van der Waals surface area contributed by atoms with E-state index in [1.807, 2.05) is 13.0 Å². The number of aryl methyl sites for hydroxylation is 1. The molecule has 1 unspecified atom stereocenters. The van der Waals surface area contributed by atoms with Crippen molar-refractivity contribution in [1.82, 2.24) is 19.6 Å². The number of fused-ring (bicyclic) bond motifs is 1. The summed E-state index contributed by atoms with van der Waals surface area (Å²) in [6.45, 7) is 5.51. The van der Waals surface area contributed by atoms with Crippen LogP contribution < -0.4 is 11.1 Å². The minimum absolute atomic E-state index is 0.423. The van der Waals surface area contributed by atoms with Crippen molar-refractivity contribution in [3.8, 4) is 0 Å². The number of anilines is 1. The third-order valence-electron chi connectivity index (χ3n) is 2.41. The van der Waals surface area contributed by atoms with Gasteiger partial charge in [0.05, 0.1) is 0 Å². The van der Waals surface area contributed by atoms with Crippen LogP contribution in [0.4, 0.5) is 5.82 Å². The van der Waals surface area contributed by atoms with Gasteiger partial charge in [0.15, 0.2) is 0 Å². The van der Waals surface area contributed by atoms with Gasteiger partial charge in [-0.2, -0.15) is 14.6 Å². The van der Waals surface area contributed by atoms with Crippen LogP contribution in [0.5, 0.6) is 0 Å². The van der Waals surface area contributed by atoms with Crippen LogP contribution >= 0.6 is 0 Å². The van der Waals surface area contributed by atoms with E-state index in [1.165, 1.54) is 6.33 Å². The summed E-state index contributed by atoms with van der Waals surface area (Å²) in [5.74, 6) is 1.94. The van der Waals surface area contributed by atoms with E-state index >= 15 is 0 Å². The van der Waals surface area contributed by atoms with Gasteiger partial charge in [0.1, 0.15) is 12.1 Å². The molecule has 2 rings (SSSR count). The minimum atomic E-state index is 0.423. The number of nitrogens with two attached hydrogens (primary N) is 1. The fourth-order valence-corrected chi connectivity index (χ4v) is 1.42. The Bertz CT molecular complexity index is 477. The zero-order valence-electron chi connectivity index (χ0n) is 9.51. The molecule has 0 spiro atoms. The molecule has 0 aromatic carbocycles. The fraction of sp³-hybridized carbons (Fsp3) is 0.500. The molecule has 0 saturated carbocycles. The number of aromatic nitrogens is 4. The van der Waals surface area contributed by atoms with Crippen LogP contribution in [-0.4, -0.2) is 32.7 Å². The highest BCUT2D eigenvalue weighted by Crippen LogP contribution is 2.10. The molecule has 0 radical (unpaired) electrons. The molecule has 2 heterocycles. The van der Waals surface area contributed by atoms with Crippen LogP contribution in [0.25, 0.3) is 5.78 Å². The Morgan fingerprint density at radius 2 is 2.38 bits per heavy atom. The highest BCUT2D eigenvalue weighted by atomic mass is 15.3. The largest absolute Gasteiger partial charge is 0.370 e. The molecule has 2 aromatic rings. The zero-order valence-corrected chi connectivity index (χ0v) is 9.51. The molecule has 0 aliphatic carbocycles. The van der Waals surface area contributed by atoms with Gasteiger partial charge in [0, 0.05) is 18.3 Å². The Morgan fingerprint density at radius 1 is 1.56 bits per heavy atom. The van der Waals surface area contributed by atoms with Crippen LogP contribution in [0, 0.1) is 12.8 Å². The Kier molecular flexibility index (Phi) is 3.00. The predicted molar refractivity (Wildman–Crippen MR) is 62.2 cm³/mol. The topological polar surface area (TPSA) is 81.1 Å². The lowest BCUT2D eigenvalue weighted by atomic mass is 10.2. The molecule has 16 heavy (non-hydrogen) atoms. The number of nitrogens with one attached hydrogen (secondary N) is 1. The van der Waals surface area contributed by atoms with Gasteiger partial charge in [-0.05, 0) is 19.4 Å². The van der Waals surface area contributed by atoms with Gasteiger partial charge in [-0.1, -0.05) is 6.92 Å². The number of hydrogen-bond donors (Lipinski definition) is 2. The lowest BCUT2D eigenvalue weighted by Crippen LogP contribution is -2.21. The molecule has 0 fully saturated rings. The summed E-state index contributed by atoms with van der Waals surface area (Å²) >= 11 is 0. The standard InChI is InChI=1S/C10H16N6/c1-7(4-11)5-12-9-3-8(2)15-10-13-6-14-16(9)10/h3,6-7,12H,4-5,11H2,1-2H3. The molecule has 6 heteroatoms. The van der Waals surface area contributed by atoms with Crippen LogP contribution in [0.3, 0.4) is 0 Å². The van der Waals surface area contributed by atoms with Gasteiger partial charge in [-0.15, -0.1) is 0 Å². The van der Waals surface area contributed by atoms with Gasteiger partial charge < -0.3 is 11.1 Å². The van der Waals surface area contributed by atoms with Crippen molar-refractivity contribution in [3.05, 3.63) is 18.1 Å². The van der Waals surface area contributed by atoms with Crippen molar-refractivity contribution in [2.45, 2.75) is 13.8 Å². The van der Waals surface area contributed by atoms with Crippen molar-refractivity contribution >= 4 is 11.6 Å². The van der Waals surface area contributed by atoms with Crippen molar-refractivity contribution in [3.63, 3.8) is 0 Å². The Morgan fingerprint density at radius 3 is 3.12 bits per heavy atom. The van der Waals surface area contributed by atoms with Gasteiger partial charge in [-0.25, -0.2) is 4.98 Å². The lowest BCUT2D eigenvalue weighted by Gasteiger charge is -2.12. The molecule has 1 atom stereocenters. The van der Waals surface area contributed by atoms with Crippen molar-refractivity contribution in [2.75, 3.05) is 18.4 Å². The molecule has 0 bridgehead atoms. The van der Waals surface area contributed by atoms with Crippen LogP contribution in [-0.2, 0) is 0 Å². The lowest BCUT2D eigenvalue weighted by molar-refractivity contribution is 0.625. The molecule has 86 valence electrons. The molecule has 6 nitrogen and oxygen atoms in total. The van der Waals surface area contributed by atoms with E-state index in [0.29, 0.717) is 18.2 Å². The van der Waals surface area contributed by atoms with Gasteiger partial charge >= 0.3 is 0 Å². The quantitative estimate of drug-likeness (QED) is 0.781. The first-order valence-electron chi connectivity index (χ1n) is 5.32. The first-order chi connectivity index (χ1) is 7.70. The first-order valence-corrected chi connectivity index (χ1v) is 5.32. The second-order valence-electron chi connectivity index (χ2n) is 3.98. The van der Waals surface area contributed by atoms with Gasteiger partial charge in [0.25, 0.3) is 5.78 Å². The Labute approximate surface area is 93.9 Å². The van der Waals surface area contributed by atoms with E-state index in [0.717, 1.165) is 18.1 Å². The molecular formula is C10H16N6. The van der Waals surface area contributed by atoms with E-state index < -0.39 is 0 Å². The number of rotatable bonds is 4. The highest BCUT2D eigenvalue weighted by molar-refractivity contribution is 5.44. The maximum atomic E-state index is 5.57. The van der Waals surface area contributed by atoms with Gasteiger partial charge in [0.2, 0.25) is 0 Å². The molecule has 0 amide bonds. The van der Waals surface area contributed by atoms with E-state index in [4.69, 9.17) is 5.73 Å². The average Bonchev–Trinajstić information content (AvgIpc) is 2.73. The third-order valence-corrected chi connectivity index (χ3v) is 2.41. The Hall–Kier alpha value is -1.69. The second-order valence-corrected chi connectivity index (χ2v) is 3.98. The number of nitrogens with zero attached hydrogens (tertiary/aromatic N) is 4. The predicted octanol–water partition coefficient (Wildman–Crippen LogP) is 0.439. The maximum Gasteiger partial charge on any atom is 0.254 e. The van der Waals surface area contributed by atoms with Crippen molar-refractivity contribution in [1.29, 1.82) is 0 Å². The summed E-state index contributed by atoms with van der Waals surface area (Å²) in [6, 6.07) is 1.95. The molecule has 2 aromatic heterocycles. The molecule has 0 saturated heterocycles. The summed E-state index contributed by atoms with van der Waals surface area (Å²) < 4.78 is 1.69. The summed E-state index contributed by atoms with van der Waals surface area (Å²) in [4.78, 5) is 8.33. The number of hydrogen-bond acceptors (Lipinski definition) is 5. The summed E-state index contributed by atoms with van der Waals surface area (Å²) in [6.07, 6.45) is 1.50. The average molecular weight is 220 g/mol. The third kappa shape index (κ3) is 2.11. The zero-order chi connectivity index (χ0) is 11.5. The minimum Gasteiger partial charge on any atom is -0.370 e.